The Kier molecular flexibility index (Phi) is 6.16. The van der Waals surface area contributed by atoms with Crippen LogP contribution in [0.3, 0.4) is 0 Å². The maximum Gasteiger partial charge on any atom is 0.220 e. The van der Waals surface area contributed by atoms with Crippen LogP contribution in [0.5, 0.6) is 0 Å². The number of hydrogen-bond donors (Lipinski definition) is 2. The lowest BCUT2D eigenvalue weighted by Crippen LogP contribution is -2.34. The van der Waals surface area contributed by atoms with E-state index in [9.17, 15) is 4.79 Å². The van der Waals surface area contributed by atoms with Gasteiger partial charge in [-0.1, -0.05) is 6.08 Å². The lowest BCUT2D eigenvalue weighted by molar-refractivity contribution is -0.122. The van der Waals surface area contributed by atoms with Crippen LogP contribution in [0.1, 0.15) is 39.0 Å². The van der Waals surface area contributed by atoms with Crippen molar-refractivity contribution < 1.29 is 4.79 Å². The normalized spacial score (nSPS) is 22.4. The summed E-state index contributed by atoms with van der Waals surface area (Å²) >= 11 is 0. The number of rotatable bonds is 6. The highest BCUT2D eigenvalue weighted by molar-refractivity contribution is 5.76. The molecule has 0 aromatic rings. The van der Waals surface area contributed by atoms with E-state index in [1.165, 1.54) is 12.8 Å². The van der Waals surface area contributed by atoms with Crippen LogP contribution in [0, 0.1) is 5.92 Å². The molecule has 2 N–H and O–H groups in total. The van der Waals surface area contributed by atoms with Crippen LogP contribution in [0.2, 0.25) is 0 Å². The fourth-order valence-corrected chi connectivity index (χ4v) is 2.16. The first kappa shape index (κ1) is 13.2. The minimum absolute atomic E-state index is 0.180. The van der Waals surface area contributed by atoms with E-state index >= 15 is 0 Å². The molecule has 2 unspecified atom stereocenters. The smallest absolute Gasteiger partial charge is 0.220 e. The van der Waals surface area contributed by atoms with Crippen molar-refractivity contribution in [2.75, 3.05) is 13.1 Å². The van der Waals surface area contributed by atoms with Crippen LogP contribution < -0.4 is 10.6 Å². The maximum absolute atomic E-state index is 11.6. The molecular weight excluding hydrogens is 200 g/mol. The molecule has 0 bridgehead atoms. The van der Waals surface area contributed by atoms with Gasteiger partial charge in [-0.25, -0.2) is 0 Å². The fraction of sp³-hybridized carbons (Fsp3) is 0.769. The van der Waals surface area contributed by atoms with E-state index in [2.05, 4.69) is 17.2 Å². The highest BCUT2D eigenvalue weighted by atomic mass is 16.1. The van der Waals surface area contributed by atoms with E-state index in [0.717, 1.165) is 25.9 Å². The zero-order chi connectivity index (χ0) is 11.8. The summed E-state index contributed by atoms with van der Waals surface area (Å²) in [6.45, 7) is 7.90. The van der Waals surface area contributed by atoms with Gasteiger partial charge in [-0.3, -0.25) is 4.79 Å². The molecule has 0 aromatic heterocycles. The second-order valence-electron chi connectivity index (χ2n) is 4.74. The molecule has 2 atom stereocenters. The Morgan fingerprint density at radius 1 is 1.69 bits per heavy atom. The second kappa shape index (κ2) is 7.44. The number of carbonyl (C=O) groups is 1. The van der Waals surface area contributed by atoms with Crippen LogP contribution in [0.25, 0.3) is 0 Å². The second-order valence-corrected chi connectivity index (χ2v) is 4.74. The first-order chi connectivity index (χ1) is 7.72. The van der Waals surface area contributed by atoms with Crippen LogP contribution >= 0.6 is 0 Å². The van der Waals surface area contributed by atoms with Crippen LogP contribution in [-0.2, 0) is 4.79 Å². The average molecular weight is 224 g/mol. The lowest BCUT2D eigenvalue weighted by atomic mass is 9.94. The Bertz CT molecular complexity index is 222. The highest BCUT2D eigenvalue weighted by Gasteiger charge is 2.14. The predicted molar refractivity (Wildman–Crippen MR) is 67.2 cm³/mol. The van der Waals surface area contributed by atoms with Gasteiger partial charge in [0.05, 0.1) is 0 Å². The molecule has 1 aliphatic heterocycles. The van der Waals surface area contributed by atoms with E-state index in [1.54, 1.807) is 0 Å². The van der Waals surface area contributed by atoms with Crippen molar-refractivity contribution in [2.24, 2.45) is 5.92 Å². The first-order valence-corrected chi connectivity index (χ1v) is 6.33. The van der Waals surface area contributed by atoms with Gasteiger partial charge in [-0.15, -0.1) is 6.58 Å². The molecule has 0 saturated carbocycles. The molecule has 1 fully saturated rings. The van der Waals surface area contributed by atoms with E-state index < -0.39 is 0 Å². The molecule has 1 saturated heterocycles. The standard InChI is InChI=1S/C13H24N2O/c1-3-5-11(2)15-13(16)8-7-12-6-4-9-14-10-12/h3,11-12,14H,1,4-10H2,2H3,(H,15,16). The molecule has 3 nitrogen and oxygen atoms in total. The third-order valence-corrected chi connectivity index (χ3v) is 3.11. The van der Waals surface area contributed by atoms with Gasteiger partial charge < -0.3 is 10.6 Å². The number of hydrogen-bond acceptors (Lipinski definition) is 2. The molecule has 0 aliphatic carbocycles. The Morgan fingerprint density at radius 3 is 3.12 bits per heavy atom. The third kappa shape index (κ3) is 5.31. The third-order valence-electron chi connectivity index (χ3n) is 3.11. The molecular formula is C13H24N2O. The number of nitrogens with one attached hydrogen (secondary N) is 2. The molecule has 0 spiro atoms. The summed E-state index contributed by atoms with van der Waals surface area (Å²) in [4.78, 5) is 11.6. The van der Waals surface area contributed by atoms with E-state index in [4.69, 9.17) is 0 Å². The summed E-state index contributed by atoms with van der Waals surface area (Å²) in [6, 6.07) is 0.217. The molecule has 0 aromatic carbocycles. The Hall–Kier alpha value is -0.830. The molecule has 92 valence electrons. The first-order valence-electron chi connectivity index (χ1n) is 6.33. The van der Waals surface area contributed by atoms with Gasteiger partial charge in [0.25, 0.3) is 0 Å². The van der Waals surface area contributed by atoms with Gasteiger partial charge in [-0.2, -0.15) is 0 Å². The van der Waals surface area contributed by atoms with Gasteiger partial charge in [0.2, 0.25) is 5.91 Å². The minimum Gasteiger partial charge on any atom is -0.353 e. The van der Waals surface area contributed by atoms with Crippen molar-refractivity contribution in [1.82, 2.24) is 10.6 Å². The van der Waals surface area contributed by atoms with Crippen LogP contribution in [0.4, 0.5) is 0 Å². The summed E-state index contributed by atoms with van der Waals surface area (Å²) in [6.07, 6.45) is 6.88. The minimum atomic E-state index is 0.180. The molecule has 0 radical (unpaired) electrons. The summed E-state index contributed by atoms with van der Waals surface area (Å²) < 4.78 is 0. The lowest BCUT2D eigenvalue weighted by Gasteiger charge is -2.22. The zero-order valence-electron chi connectivity index (χ0n) is 10.3. The van der Waals surface area contributed by atoms with Crippen molar-refractivity contribution in [3.05, 3.63) is 12.7 Å². The maximum atomic E-state index is 11.6. The fourth-order valence-electron chi connectivity index (χ4n) is 2.16. The van der Waals surface area contributed by atoms with E-state index in [-0.39, 0.29) is 11.9 Å². The van der Waals surface area contributed by atoms with Crippen LogP contribution in [0.15, 0.2) is 12.7 Å². The molecule has 16 heavy (non-hydrogen) atoms. The molecule has 1 rings (SSSR count). The largest absolute Gasteiger partial charge is 0.353 e. The Balaban J connectivity index is 2.11. The SMILES string of the molecule is C=CCC(C)NC(=O)CCC1CCCNC1. The molecule has 1 heterocycles. The highest BCUT2D eigenvalue weighted by Crippen LogP contribution is 2.15. The van der Waals surface area contributed by atoms with Crippen molar-refractivity contribution in [2.45, 2.75) is 45.1 Å². The summed E-state index contributed by atoms with van der Waals surface area (Å²) in [5.41, 5.74) is 0. The van der Waals surface area contributed by atoms with Crippen molar-refractivity contribution >= 4 is 5.91 Å². The quantitative estimate of drug-likeness (QED) is 0.676. The Labute approximate surface area is 98.7 Å². The van der Waals surface area contributed by atoms with Gasteiger partial charge in [-0.05, 0) is 51.6 Å². The van der Waals surface area contributed by atoms with E-state index in [1.807, 2.05) is 13.0 Å². The molecule has 1 aliphatic rings. The molecule has 3 heteroatoms. The zero-order valence-corrected chi connectivity index (χ0v) is 10.3. The van der Waals surface area contributed by atoms with E-state index in [0.29, 0.717) is 12.3 Å². The summed E-state index contributed by atoms with van der Waals surface area (Å²) in [7, 11) is 0. The molecule has 1 amide bonds. The summed E-state index contributed by atoms with van der Waals surface area (Å²) in [5, 5.41) is 6.36. The average Bonchev–Trinajstić information content (AvgIpc) is 2.28. The van der Waals surface area contributed by atoms with Gasteiger partial charge in [0.15, 0.2) is 0 Å². The number of carbonyl (C=O) groups excluding carboxylic acids is 1. The van der Waals surface area contributed by atoms with Crippen molar-refractivity contribution in [3.63, 3.8) is 0 Å². The van der Waals surface area contributed by atoms with Gasteiger partial charge in [0.1, 0.15) is 0 Å². The van der Waals surface area contributed by atoms with Gasteiger partial charge in [0, 0.05) is 12.5 Å². The Morgan fingerprint density at radius 2 is 2.50 bits per heavy atom. The predicted octanol–water partition coefficient (Wildman–Crippen LogP) is 1.85. The monoisotopic (exact) mass is 224 g/mol. The number of amides is 1. The number of piperidine rings is 1. The topological polar surface area (TPSA) is 41.1 Å². The van der Waals surface area contributed by atoms with Crippen molar-refractivity contribution in [1.29, 1.82) is 0 Å². The van der Waals surface area contributed by atoms with Gasteiger partial charge >= 0.3 is 0 Å². The van der Waals surface area contributed by atoms with Crippen molar-refractivity contribution in [3.8, 4) is 0 Å². The summed E-state index contributed by atoms with van der Waals surface area (Å²) in [5.74, 6) is 0.870. The van der Waals surface area contributed by atoms with Crippen LogP contribution in [-0.4, -0.2) is 25.0 Å².